The van der Waals surface area contributed by atoms with Crippen LogP contribution in [0, 0.1) is 11.8 Å². The lowest BCUT2D eigenvalue weighted by atomic mass is 9.82. The van der Waals surface area contributed by atoms with E-state index in [0.717, 1.165) is 31.8 Å². The fraction of sp³-hybridized carbons (Fsp3) is 0.923. The molecule has 0 spiro atoms. The second-order valence-electron chi connectivity index (χ2n) is 5.53. The first-order valence-electron chi connectivity index (χ1n) is 6.77. The van der Waals surface area contributed by atoms with Crippen molar-refractivity contribution in [3.63, 3.8) is 0 Å². The van der Waals surface area contributed by atoms with Gasteiger partial charge in [-0.25, -0.2) is 0 Å². The van der Waals surface area contributed by atoms with Gasteiger partial charge in [0.15, 0.2) is 0 Å². The van der Waals surface area contributed by atoms with Crippen molar-refractivity contribution in [1.29, 1.82) is 0 Å². The lowest BCUT2D eigenvalue weighted by molar-refractivity contribution is -0.123. The van der Waals surface area contributed by atoms with Crippen molar-refractivity contribution in [3.05, 3.63) is 0 Å². The molecule has 1 amide bonds. The molecule has 3 nitrogen and oxygen atoms in total. The van der Waals surface area contributed by atoms with Crippen LogP contribution in [0.1, 0.15) is 45.4 Å². The Morgan fingerprint density at radius 2 is 2.12 bits per heavy atom. The summed E-state index contributed by atoms with van der Waals surface area (Å²) in [6.45, 7) is 4.21. The highest BCUT2D eigenvalue weighted by Crippen LogP contribution is 2.27. The maximum Gasteiger partial charge on any atom is 0.237 e. The van der Waals surface area contributed by atoms with E-state index in [-0.39, 0.29) is 24.4 Å². The van der Waals surface area contributed by atoms with Gasteiger partial charge in [0.25, 0.3) is 0 Å². The van der Waals surface area contributed by atoms with Crippen molar-refractivity contribution in [1.82, 2.24) is 10.6 Å². The normalized spacial score (nSPS) is 32.9. The zero-order chi connectivity index (χ0) is 11.4. The molecule has 3 atom stereocenters. The predicted octanol–water partition coefficient (Wildman–Crippen LogP) is 2.10. The molecule has 1 saturated heterocycles. The van der Waals surface area contributed by atoms with Crippen LogP contribution in [-0.4, -0.2) is 25.0 Å². The summed E-state index contributed by atoms with van der Waals surface area (Å²) in [6, 6.07) is 0.0843. The molecule has 100 valence electrons. The third kappa shape index (κ3) is 4.47. The van der Waals surface area contributed by atoms with Crippen molar-refractivity contribution in [2.24, 2.45) is 11.8 Å². The van der Waals surface area contributed by atoms with Gasteiger partial charge in [0.1, 0.15) is 0 Å². The molecule has 1 heterocycles. The summed E-state index contributed by atoms with van der Waals surface area (Å²) in [5, 5.41) is 6.35. The Labute approximate surface area is 111 Å². The van der Waals surface area contributed by atoms with E-state index in [4.69, 9.17) is 0 Å². The largest absolute Gasteiger partial charge is 0.354 e. The molecule has 0 aromatic heterocycles. The molecule has 2 unspecified atom stereocenters. The van der Waals surface area contributed by atoms with Crippen LogP contribution in [0.15, 0.2) is 0 Å². The van der Waals surface area contributed by atoms with Gasteiger partial charge in [-0.3, -0.25) is 4.79 Å². The van der Waals surface area contributed by atoms with E-state index in [1.807, 2.05) is 0 Å². The number of halogens is 1. The van der Waals surface area contributed by atoms with Gasteiger partial charge < -0.3 is 10.6 Å². The zero-order valence-corrected chi connectivity index (χ0v) is 11.5. The van der Waals surface area contributed by atoms with E-state index in [0.29, 0.717) is 5.92 Å². The molecular formula is C13H25ClN2O. The molecule has 1 saturated carbocycles. The Morgan fingerprint density at radius 1 is 1.29 bits per heavy atom. The Hall–Kier alpha value is -0.280. The smallest absolute Gasteiger partial charge is 0.237 e. The van der Waals surface area contributed by atoms with Crippen LogP contribution in [0.2, 0.25) is 0 Å². The summed E-state index contributed by atoms with van der Waals surface area (Å²) in [7, 11) is 0. The van der Waals surface area contributed by atoms with Crippen molar-refractivity contribution >= 4 is 18.3 Å². The summed E-state index contributed by atoms with van der Waals surface area (Å²) >= 11 is 0. The molecule has 4 heteroatoms. The predicted molar refractivity (Wildman–Crippen MR) is 72.4 cm³/mol. The first-order valence-corrected chi connectivity index (χ1v) is 6.77. The van der Waals surface area contributed by atoms with E-state index >= 15 is 0 Å². The van der Waals surface area contributed by atoms with Crippen LogP contribution in [-0.2, 0) is 4.79 Å². The third-order valence-electron chi connectivity index (χ3n) is 3.99. The highest BCUT2D eigenvalue weighted by molar-refractivity contribution is 5.85. The van der Waals surface area contributed by atoms with Crippen LogP contribution in [0.3, 0.4) is 0 Å². The van der Waals surface area contributed by atoms with Crippen molar-refractivity contribution < 1.29 is 4.79 Å². The quantitative estimate of drug-likeness (QED) is 0.816. The number of hydrogen-bond donors (Lipinski definition) is 2. The summed E-state index contributed by atoms with van der Waals surface area (Å²) in [6.07, 6.45) is 7.44. The third-order valence-corrected chi connectivity index (χ3v) is 3.99. The minimum absolute atomic E-state index is 0. The van der Waals surface area contributed by atoms with E-state index in [1.54, 1.807) is 0 Å². The highest BCUT2D eigenvalue weighted by atomic mass is 35.5. The van der Waals surface area contributed by atoms with Gasteiger partial charge >= 0.3 is 0 Å². The molecule has 0 bridgehead atoms. The average Bonchev–Trinajstić information content (AvgIpc) is 2.79. The lowest BCUT2D eigenvalue weighted by Gasteiger charge is -2.27. The first-order chi connectivity index (χ1) is 7.75. The van der Waals surface area contributed by atoms with Gasteiger partial charge in [0.2, 0.25) is 5.91 Å². The number of amides is 1. The molecule has 0 aromatic carbocycles. The average molecular weight is 261 g/mol. The fourth-order valence-electron chi connectivity index (χ4n) is 3.02. The molecule has 0 radical (unpaired) electrons. The number of hydrogen-bond acceptors (Lipinski definition) is 2. The molecule has 0 aromatic rings. The summed E-state index contributed by atoms with van der Waals surface area (Å²) in [5.74, 6) is 1.78. The van der Waals surface area contributed by atoms with Gasteiger partial charge in [0.05, 0.1) is 6.04 Å². The fourth-order valence-corrected chi connectivity index (χ4v) is 3.02. The SMILES string of the molecule is CC1CCCC(CNC(=O)[C@@H]2CCCN2)C1.Cl. The maximum atomic E-state index is 11.8. The van der Waals surface area contributed by atoms with Gasteiger partial charge in [0, 0.05) is 6.54 Å². The Bertz CT molecular complexity index is 242. The number of carbonyl (C=O) groups excluding carboxylic acids is 1. The highest BCUT2D eigenvalue weighted by Gasteiger charge is 2.24. The van der Waals surface area contributed by atoms with Gasteiger partial charge in [-0.05, 0) is 44.1 Å². The van der Waals surface area contributed by atoms with E-state index in [2.05, 4.69) is 17.6 Å². The topological polar surface area (TPSA) is 41.1 Å². The van der Waals surface area contributed by atoms with Crippen LogP contribution in [0.25, 0.3) is 0 Å². The summed E-state index contributed by atoms with van der Waals surface area (Å²) in [5.41, 5.74) is 0. The second-order valence-corrected chi connectivity index (χ2v) is 5.53. The number of rotatable bonds is 3. The van der Waals surface area contributed by atoms with Crippen LogP contribution < -0.4 is 10.6 Å². The Morgan fingerprint density at radius 3 is 2.76 bits per heavy atom. The van der Waals surface area contributed by atoms with Crippen molar-refractivity contribution in [3.8, 4) is 0 Å². The maximum absolute atomic E-state index is 11.8. The minimum Gasteiger partial charge on any atom is -0.354 e. The van der Waals surface area contributed by atoms with Crippen LogP contribution in [0.5, 0.6) is 0 Å². The zero-order valence-electron chi connectivity index (χ0n) is 10.7. The van der Waals surface area contributed by atoms with Crippen LogP contribution >= 0.6 is 12.4 Å². The molecule has 2 aliphatic rings. The van der Waals surface area contributed by atoms with Crippen molar-refractivity contribution in [2.45, 2.75) is 51.5 Å². The molecule has 2 N–H and O–H groups in total. The van der Waals surface area contributed by atoms with Gasteiger partial charge in [-0.1, -0.05) is 19.8 Å². The van der Waals surface area contributed by atoms with Gasteiger partial charge in [-0.2, -0.15) is 0 Å². The standard InChI is InChI=1S/C13H24N2O.ClH/c1-10-4-2-5-11(8-10)9-15-13(16)12-6-3-7-14-12;/h10-12,14H,2-9H2,1H3,(H,15,16);1H/t10?,11?,12-;/m0./s1. The minimum atomic E-state index is 0. The molecule has 1 aliphatic carbocycles. The number of nitrogens with one attached hydrogen (secondary N) is 2. The van der Waals surface area contributed by atoms with E-state index in [1.165, 1.54) is 25.7 Å². The second kappa shape index (κ2) is 7.22. The molecule has 2 fully saturated rings. The summed E-state index contributed by atoms with van der Waals surface area (Å²) in [4.78, 5) is 11.8. The monoisotopic (exact) mass is 260 g/mol. The Balaban J connectivity index is 0.00000144. The molecular weight excluding hydrogens is 236 g/mol. The van der Waals surface area contributed by atoms with Crippen LogP contribution in [0.4, 0.5) is 0 Å². The summed E-state index contributed by atoms with van der Waals surface area (Å²) < 4.78 is 0. The van der Waals surface area contributed by atoms with Crippen molar-refractivity contribution in [2.75, 3.05) is 13.1 Å². The molecule has 17 heavy (non-hydrogen) atoms. The van der Waals surface area contributed by atoms with Gasteiger partial charge in [-0.15, -0.1) is 12.4 Å². The first kappa shape index (κ1) is 14.8. The molecule has 2 rings (SSSR count). The lowest BCUT2D eigenvalue weighted by Crippen LogP contribution is -2.42. The van der Waals surface area contributed by atoms with E-state index in [9.17, 15) is 4.79 Å². The number of carbonyl (C=O) groups is 1. The molecule has 1 aliphatic heterocycles. The Kier molecular flexibility index (Phi) is 6.28. The van der Waals surface area contributed by atoms with E-state index < -0.39 is 0 Å².